The van der Waals surface area contributed by atoms with E-state index in [-0.39, 0.29) is 75.6 Å². The third-order valence-corrected chi connectivity index (χ3v) is 9.64. The lowest BCUT2D eigenvalue weighted by Gasteiger charge is -2.43. The van der Waals surface area contributed by atoms with E-state index in [0.29, 0.717) is 45.4 Å². The van der Waals surface area contributed by atoms with E-state index >= 15 is 0 Å². The van der Waals surface area contributed by atoms with E-state index in [4.69, 9.17) is 9.47 Å². The number of hydrogen-bond donors (Lipinski definition) is 2. The topological polar surface area (TPSA) is 136 Å². The lowest BCUT2D eigenvalue weighted by atomic mass is 9.62. The molecular formula is C38H50N4O7S2. The monoisotopic (exact) mass is 738 g/mol. The van der Waals surface area contributed by atoms with E-state index in [2.05, 4.69) is 10.6 Å². The van der Waals surface area contributed by atoms with Crippen LogP contribution in [-0.2, 0) is 36.3 Å². The van der Waals surface area contributed by atoms with Crippen molar-refractivity contribution in [3.8, 4) is 0 Å². The first kappa shape index (κ1) is 41.4. The van der Waals surface area contributed by atoms with Gasteiger partial charge < -0.3 is 29.6 Å². The van der Waals surface area contributed by atoms with Crippen molar-refractivity contribution in [2.45, 2.75) is 69.4 Å². The third-order valence-electron chi connectivity index (χ3n) is 9.64. The summed E-state index contributed by atoms with van der Waals surface area (Å²) in [5.41, 5.74) is 1.02. The number of piperidine rings is 1. The zero-order valence-electron chi connectivity index (χ0n) is 29.5. The van der Waals surface area contributed by atoms with Crippen LogP contribution >= 0.6 is 27.0 Å². The Morgan fingerprint density at radius 1 is 0.902 bits per heavy atom. The number of ether oxygens (including phenoxy) is 2. The SMILES string of the molecule is CCOC[C@H](CC(=O)OCC)NC(=O)[C@@]1(c2ccccc2)CC[C@H](C(=O)N2CCC(NC(=O)c3cccn(C)c3=O)CC2)c2ccccc21.S.S. The van der Waals surface area contributed by atoms with Crippen LogP contribution in [-0.4, -0.2) is 78.2 Å². The highest BCUT2D eigenvalue weighted by Gasteiger charge is 2.49. The third kappa shape index (κ3) is 9.24. The Kier molecular flexibility index (Phi) is 15.4. The largest absolute Gasteiger partial charge is 0.466 e. The molecule has 5 rings (SSSR count). The number of nitrogens with one attached hydrogen (secondary N) is 2. The van der Waals surface area contributed by atoms with Gasteiger partial charge >= 0.3 is 5.97 Å². The van der Waals surface area contributed by atoms with Gasteiger partial charge in [0.2, 0.25) is 11.8 Å². The second-order valence-electron chi connectivity index (χ2n) is 12.7. The fraction of sp³-hybridized carbons (Fsp3) is 0.447. The number of fused-ring (bicyclic) bond motifs is 1. The quantitative estimate of drug-likeness (QED) is 0.271. The van der Waals surface area contributed by atoms with Crippen molar-refractivity contribution in [2.75, 3.05) is 32.9 Å². The number of rotatable bonds is 12. The maximum absolute atomic E-state index is 14.6. The Morgan fingerprint density at radius 3 is 2.27 bits per heavy atom. The van der Waals surface area contributed by atoms with E-state index in [0.717, 1.165) is 16.7 Å². The molecule has 1 aliphatic carbocycles. The number of benzene rings is 2. The first-order valence-electron chi connectivity index (χ1n) is 17.1. The number of amides is 3. The summed E-state index contributed by atoms with van der Waals surface area (Å²) in [6, 6.07) is 19.7. The highest BCUT2D eigenvalue weighted by molar-refractivity contribution is 7.59. The number of carbonyl (C=O) groups excluding carboxylic acids is 4. The molecule has 2 aromatic carbocycles. The van der Waals surface area contributed by atoms with Crippen LogP contribution in [0.3, 0.4) is 0 Å². The second kappa shape index (κ2) is 19.0. The molecule has 1 saturated heterocycles. The molecule has 2 N–H and O–H groups in total. The van der Waals surface area contributed by atoms with Crippen LogP contribution in [0.25, 0.3) is 0 Å². The Balaban J connectivity index is 0.00000351. The highest BCUT2D eigenvalue weighted by Crippen LogP contribution is 2.48. The van der Waals surface area contributed by atoms with E-state index in [1.807, 2.05) is 66.4 Å². The van der Waals surface area contributed by atoms with Gasteiger partial charge in [-0.1, -0.05) is 54.6 Å². The molecule has 0 saturated carbocycles. The maximum Gasteiger partial charge on any atom is 0.307 e. The van der Waals surface area contributed by atoms with Crippen LogP contribution in [0.4, 0.5) is 0 Å². The lowest BCUT2D eigenvalue weighted by Crippen LogP contribution is -2.53. The molecule has 51 heavy (non-hydrogen) atoms. The van der Waals surface area contributed by atoms with Crippen LogP contribution < -0.4 is 16.2 Å². The Morgan fingerprint density at radius 2 is 1.59 bits per heavy atom. The maximum atomic E-state index is 14.6. The van der Waals surface area contributed by atoms with Crippen molar-refractivity contribution in [1.82, 2.24) is 20.1 Å². The number of nitrogens with zero attached hydrogens (tertiary/aromatic N) is 2. The molecule has 3 atom stereocenters. The fourth-order valence-corrected chi connectivity index (χ4v) is 7.13. The van der Waals surface area contributed by atoms with Gasteiger partial charge in [-0.05, 0) is 68.4 Å². The molecule has 276 valence electrons. The van der Waals surface area contributed by atoms with Crippen molar-refractivity contribution in [3.63, 3.8) is 0 Å². The smallest absolute Gasteiger partial charge is 0.307 e. The van der Waals surface area contributed by atoms with Gasteiger partial charge in [0.1, 0.15) is 5.56 Å². The Bertz CT molecular complexity index is 1710. The van der Waals surface area contributed by atoms with Crippen LogP contribution in [0.1, 0.15) is 78.9 Å². The van der Waals surface area contributed by atoms with E-state index in [1.165, 1.54) is 10.6 Å². The van der Waals surface area contributed by atoms with E-state index in [9.17, 15) is 24.0 Å². The molecule has 1 aromatic heterocycles. The fourth-order valence-electron chi connectivity index (χ4n) is 7.13. The summed E-state index contributed by atoms with van der Waals surface area (Å²) in [6.07, 6.45) is 3.55. The normalized spacial score (nSPS) is 19.0. The zero-order chi connectivity index (χ0) is 35.0. The number of aromatic nitrogens is 1. The summed E-state index contributed by atoms with van der Waals surface area (Å²) in [4.78, 5) is 68.3. The first-order chi connectivity index (χ1) is 23.7. The minimum Gasteiger partial charge on any atom is -0.466 e. The summed E-state index contributed by atoms with van der Waals surface area (Å²) in [6.45, 7) is 5.36. The zero-order valence-corrected chi connectivity index (χ0v) is 31.5. The lowest BCUT2D eigenvalue weighted by molar-refractivity contribution is -0.144. The summed E-state index contributed by atoms with van der Waals surface area (Å²) in [7, 11) is 1.61. The number of likely N-dealkylation sites (tertiary alicyclic amines) is 1. The molecule has 0 spiro atoms. The first-order valence-corrected chi connectivity index (χ1v) is 17.1. The van der Waals surface area contributed by atoms with E-state index in [1.54, 1.807) is 26.2 Å². The standard InChI is InChI=1S/C38H46N4O7.2H2S/c1-4-48-25-28(24-33(43)49-5-2)40-37(47)38(26-12-7-6-8-13-26)20-17-30(29-14-9-10-16-32(29)38)36(46)42-22-18-27(19-23-42)39-34(44)31-15-11-21-41(3)35(31)45;;/h6-16,21,27-28,30H,4-5,17-20,22-25H2,1-3H3,(H,39,44)(H,40,47);2*1H2/t28-,30-,38+;;/m0../s1. The van der Waals surface area contributed by atoms with Crippen LogP contribution in [0, 0.1) is 0 Å². The van der Waals surface area contributed by atoms with Gasteiger partial charge in [-0.2, -0.15) is 27.0 Å². The average molecular weight is 739 g/mol. The molecule has 1 fully saturated rings. The number of carbonyl (C=O) groups is 4. The molecular weight excluding hydrogens is 689 g/mol. The summed E-state index contributed by atoms with van der Waals surface area (Å²) in [5.74, 6) is -1.53. The highest BCUT2D eigenvalue weighted by atomic mass is 32.1. The summed E-state index contributed by atoms with van der Waals surface area (Å²) < 4.78 is 12.2. The van der Waals surface area contributed by atoms with Crippen LogP contribution in [0.2, 0.25) is 0 Å². The van der Waals surface area contributed by atoms with Gasteiger partial charge in [-0.3, -0.25) is 24.0 Å². The number of esters is 1. The summed E-state index contributed by atoms with van der Waals surface area (Å²) >= 11 is 0. The van der Waals surface area contributed by atoms with Crippen molar-refractivity contribution in [3.05, 3.63) is 106 Å². The van der Waals surface area contributed by atoms with Crippen molar-refractivity contribution >= 4 is 50.7 Å². The molecule has 2 heterocycles. The predicted octanol–water partition coefficient (Wildman–Crippen LogP) is 3.67. The average Bonchev–Trinajstić information content (AvgIpc) is 3.11. The van der Waals surface area contributed by atoms with Crippen molar-refractivity contribution in [2.24, 2.45) is 7.05 Å². The van der Waals surface area contributed by atoms with Gasteiger partial charge in [0.15, 0.2) is 0 Å². The number of hydrogen-bond acceptors (Lipinski definition) is 7. The molecule has 3 amide bonds. The Labute approximate surface area is 313 Å². The van der Waals surface area contributed by atoms with Gasteiger partial charge in [-0.25, -0.2) is 0 Å². The molecule has 0 bridgehead atoms. The predicted molar refractivity (Wildman–Crippen MR) is 205 cm³/mol. The number of aryl methyl sites for hydroxylation is 1. The van der Waals surface area contributed by atoms with Crippen LogP contribution in [0.15, 0.2) is 77.7 Å². The van der Waals surface area contributed by atoms with Crippen LogP contribution in [0.5, 0.6) is 0 Å². The van der Waals surface area contributed by atoms with E-state index < -0.39 is 29.3 Å². The van der Waals surface area contributed by atoms with Crippen molar-refractivity contribution < 1.29 is 28.7 Å². The van der Waals surface area contributed by atoms with Gasteiger partial charge in [0.25, 0.3) is 11.5 Å². The summed E-state index contributed by atoms with van der Waals surface area (Å²) in [5, 5.41) is 6.10. The molecule has 3 aromatic rings. The molecule has 0 radical (unpaired) electrons. The molecule has 13 heteroatoms. The van der Waals surface area contributed by atoms with Crippen molar-refractivity contribution in [1.29, 1.82) is 0 Å². The minimum atomic E-state index is -1.10. The molecule has 0 unspecified atom stereocenters. The number of pyridine rings is 1. The molecule has 11 nitrogen and oxygen atoms in total. The second-order valence-corrected chi connectivity index (χ2v) is 12.7. The molecule has 1 aliphatic heterocycles. The minimum absolute atomic E-state index is 0. The van der Waals surface area contributed by atoms with Gasteiger partial charge in [-0.15, -0.1) is 0 Å². The Hall–Kier alpha value is -4.07. The van der Waals surface area contributed by atoms with Gasteiger partial charge in [0, 0.05) is 39.0 Å². The van der Waals surface area contributed by atoms with Gasteiger partial charge in [0.05, 0.1) is 37.0 Å². The molecule has 2 aliphatic rings.